The molecule has 1 aromatic carbocycles. The quantitative estimate of drug-likeness (QED) is 0.916. The third-order valence-electron chi connectivity index (χ3n) is 3.55. The van der Waals surface area contributed by atoms with E-state index in [0.717, 1.165) is 16.5 Å². The lowest BCUT2D eigenvalue weighted by atomic mass is 10.0. The van der Waals surface area contributed by atoms with Crippen LogP contribution in [0.3, 0.4) is 0 Å². The van der Waals surface area contributed by atoms with Crippen molar-refractivity contribution in [1.29, 1.82) is 0 Å². The summed E-state index contributed by atoms with van der Waals surface area (Å²) in [5.74, 6) is -0.0650. The molecule has 1 N–H and O–H groups in total. The number of hydrogen-bond donors (Lipinski definition) is 1. The molecule has 1 heterocycles. The lowest BCUT2D eigenvalue weighted by Crippen LogP contribution is -2.61. The summed E-state index contributed by atoms with van der Waals surface area (Å²) in [6.45, 7) is 4.21. The predicted molar refractivity (Wildman–Crippen MR) is 81.0 cm³/mol. The van der Waals surface area contributed by atoms with E-state index in [1.54, 1.807) is 11.8 Å². The number of amides is 2. The number of carbonyl (C=O) groups excluding carboxylic acids is 2. The Bertz CT molecular complexity index is 518. The fraction of sp³-hybridized carbons (Fsp3) is 0.467. The summed E-state index contributed by atoms with van der Waals surface area (Å²) in [7, 11) is 0. The Labute approximate surface area is 127 Å². The van der Waals surface area contributed by atoms with Gasteiger partial charge in [0.05, 0.1) is 0 Å². The van der Waals surface area contributed by atoms with Crippen molar-refractivity contribution in [3.63, 3.8) is 0 Å². The first kappa shape index (κ1) is 15.0. The average molecular weight is 339 g/mol. The van der Waals surface area contributed by atoms with E-state index in [4.69, 9.17) is 0 Å². The highest BCUT2D eigenvalue weighted by atomic mass is 79.9. The molecule has 0 aliphatic carbocycles. The minimum Gasteiger partial charge on any atom is -0.343 e. The molecule has 0 spiro atoms. The monoisotopic (exact) mass is 338 g/mol. The summed E-state index contributed by atoms with van der Waals surface area (Å²) in [4.78, 5) is 26.2. The molecule has 5 heteroatoms. The largest absolute Gasteiger partial charge is 0.343 e. The Hall–Kier alpha value is -1.36. The standard InChI is InChI=1S/C15H19BrN2O2/c1-3-6-13-14(19)17-10(2)15(20)18(13)9-11-7-4-5-8-12(11)16/h4-5,7-8,10,13H,3,6,9H2,1-2H3,(H,17,19). The molecular formula is C15H19BrN2O2. The molecular weight excluding hydrogens is 320 g/mol. The van der Waals surface area contributed by atoms with Crippen LogP contribution in [0.25, 0.3) is 0 Å². The molecule has 4 nitrogen and oxygen atoms in total. The molecule has 2 rings (SSSR count). The number of hydrogen-bond acceptors (Lipinski definition) is 2. The molecule has 2 atom stereocenters. The topological polar surface area (TPSA) is 49.4 Å². The van der Waals surface area contributed by atoms with Crippen molar-refractivity contribution in [1.82, 2.24) is 10.2 Å². The number of nitrogens with one attached hydrogen (secondary N) is 1. The van der Waals surface area contributed by atoms with Crippen LogP contribution in [0, 0.1) is 0 Å². The van der Waals surface area contributed by atoms with Gasteiger partial charge in [-0.25, -0.2) is 0 Å². The third-order valence-corrected chi connectivity index (χ3v) is 4.33. The lowest BCUT2D eigenvalue weighted by Gasteiger charge is -2.38. The summed E-state index contributed by atoms with van der Waals surface area (Å²) in [6, 6.07) is 6.98. The number of piperazine rings is 1. The molecule has 2 unspecified atom stereocenters. The van der Waals surface area contributed by atoms with Crippen molar-refractivity contribution in [2.24, 2.45) is 0 Å². The zero-order chi connectivity index (χ0) is 14.7. The van der Waals surface area contributed by atoms with Gasteiger partial charge in [0.15, 0.2) is 0 Å². The molecule has 0 aromatic heterocycles. The molecule has 2 amide bonds. The second-order valence-corrected chi connectivity index (χ2v) is 5.95. The van der Waals surface area contributed by atoms with Gasteiger partial charge in [-0.2, -0.15) is 0 Å². The lowest BCUT2D eigenvalue weighted by molar-refractivity contribution is -0.149. The number of benzene rings is 1. The van der Waals surface area contributed by atoms with Gasteiger partial charge in [-0.15, -0.1) is 0 Å². The van der Waals surface area contributed by atoms with E-state index in [1.165, 1.54) is 0 Å². The van der Waals surface area contributed by atoms with Gasteiger partial charge in [-0.05, 0) is 25.0 Å². The molecule has 108 valence electrons. The van der Waals surface area contributed by atoms with Crippen LogP contribution < -0.4 is 5.32 Å². The highest BCUT2D eigenvalue weighted by Crippen LogP contribution is 2.22. The van der Waals surface area contributed by atoms with Gasteiger partial charge in [-0.3, -0.25) is 9.59 Å². The van der Waals surface area contributed by atoms with Crippen molar-refractivity contribution in [2.45, 2.75) is 45.3 Å². The van der Waals surface area contributed by atoms with Gasteiger partial charge >= 0.3 is 0 Å². The van der Waals surface area contributed by atoms with Gasteiger partial charge < -0.3 is 10.2 Å². The number of rotatable bonds is 4. The Morgan fingerprint density at radius 1 is 1.30 bits per heavy atom. The highest BCUT2D eigenvalue weighted by molar-refractivity contribution is 9.10. The molecule has 1 aromatic rings. The van der Waals surface area contributed by atoms with Gasteiger partial charge in [-0.1, -0.05) is 47.5 Å². The fourth-order valence-corrected chi connectivity index (χ4v) is 2.88. The first-order valence-electron chi connectivity index (χ1n) is 6.88. The van der Waals surface area contributed by atoms with Crippen molar-refractivity contribution in [2.75, 3.05) is 0 Å². The van der Waals surface area contributed by atoms with E-state index >= 15 is 0 Å². The Morgan fingerprint density at radius 2 is 2.00 bits per heavy atom. The second kappa shape index (κ2) is 6.39. The summed E-state index contributed by atoms with van der Waals surface area (Å²) in [5.41, 5.74) is 1.02. The van der Waals surface area contributed by atoms with Gasteiger partial charge in [0.1, 0.15) is 12.1 Å². The van der Waals surface area contributed by atoms with Gasteiger partial charge in [0.25, 0.3) is 0 Å². The first-order chi connectivity index (χ1) is 9.54. The van der Waals surface area contributed by atoms with E-state index in [-0.39, 0.29) is 17.9 Å². The minimum absolute atomic E-state index is 0.0150. The van der Waals surface area contributed by atoms with Crippen molar-refractivity contribution < 1.29 is 9.59 Å². The maximum atomic E-state index is 12.4. The Morgan fingerprint density at radius 3 is 2.65 bits per heavy atom. The van der Waals surface area contributed by atoms with E-state index in [2.05, 4.69) is 21.2 Å². The molecule has 0 bridgehead atoms. The smallest absolute Gasteiger partial charge is 0.245 e. The average Bonchev–Trinajstić information content (AvgIpc) is 2.42. The van der Waals surface area contributed by atoms with Crippen LogP contribution in [0.5, 0.6) is 0 Å². The van der Waals surface area contributed by atoms with Crippen LogP contribution in [0.1, 0.15) is 32.3 Å². The molecule has 1 aliphatic heterocycles. The van der Waals surface area contributed by atoms with Crippen LogP contribution >= 0.6 is 15.9 Å². The Kier molecular flexibility index (Phi) is 4.81. The number of carbonyl (C=O) groups is 2. The molecule has 1 fully saturated rings. The zero-order valence-electron chi connectivity index (χ0n) is 11.7. The maximum Gasteiger partial charge on any atom is 0.245 e. The SMILES string of the molecule is CCCC1C(=O)NC(C)C(=O)N1Cc1ccccc1Br. The van der Waals surface area contributed by atoms with Crippen LogP contribution in [0.4, 0.5) is 0 Å². The summed E-state index contributed by atoms with van der Waals surface area (Å²) in [6.07, 6.45) is 1.56. The van der Waals surface area contributed by atoms with Crippen LogP contribution in [-0.4, -0.2) is 28.8 Å². The normalized spacial score (nSPS) is 22.9. The second-order valence-electron chi connectivity index (χ2n) is 5.09. The van der Waals surface area contributed by atoms with E-state index < -0.39 is 6.04 Å². The maximum absolute atomic E-state index is 12.4. The van der Waals surface area contributed by atoms with E-state index in [1.807, 2.05) is 31.2 Å². The molecule has 1 saturated heterocycles. The number of halogens is 1. The Balaban J connectivity index is 2.26. The van der Waals surface area contributed by atoms with Crippen molar-refractivity contribution in [3.8, 4) is 0 Å². The minimum atomic E-state index is -0.446. The molecule has 0 radical (unpaired) electrons. The van der Waals surface area contributed by atoms with Gasteiger partial charge in [0, 0.05) is 11.0 Å². The summed E-state index contributed by atoms with van der Waals surface area (Å²) >= 11 is 3.49. The zero-order valence-corrected chi connectivity index (χ0v) is 13.3. The molecule has 20 heavy (non-hydrogen) atoms. The van der Waals surface area contributed by atoms with Crippen LogP contribution in [0.15, 0.2) is 28.7 Å². The summed E-state index contributed by atoms with van der Waals surface area (Å²) in [5, 5.41) is 2.75. The van der Waals surface area contributed by atoms with Crippen LogP contribution in [0.2, 0.25) is 0 Å². The first-order valence-corrected chi connectivity index (χ1v) is 7.68. The fourth-order valence-electron chi connectivity index (χ4n) is 2.47. The number of nitrogens with zero attached hydrogens (tertiary/aromatic N) is 1. The van der Waals surface area contributed by atoms with E-state index in [0.29, 0.717) is 13.0 Å². The van der Waals surface area contributed by atoms with E-state index in [9.17, 15) is 9.59 Å². The van der Waals surface area contributed by atoms with Gasteiger partial charge in [0.2, 0.25) is 11.8 Å². The van der Waals surface area contributed by atoms with Crippen molar-refractivity contribution in [3.05, 3.63) is 34.3 Å². The predicted octanol–water partition coefficient (Wildman–Crippen LogP) is 2.46. The van der Waals surface area contributed by atoms with Crippen molar-refractivity contribution >= 4 is 27.7 Å². The van der Waals surface area contributed by atoms with Crippen LogP contribution in [-0.2, 0) is 16.1 Å². The third kappa shape index (κ3) is 3.03. The highest BCUT2D eigenvalue weighted by Gasteiger charge is 2.37. The summed E-state index contributed by atoms with van der Waals surface area (Å²) < 4.78 is 0.960. The molecule has 0 saturated carbocycles. The molecule has 1 aliphatic rings.